The molecule has 1 amide bonds. The second kappa shape index (κ2) is 8.07. The molecule has 1 atom stereocenters. The summed E-state index contributed by atoms with van der Waals surface area (Å²) in [6.45, 7) is 8.06. The third kappa shape index (κ3) is 4.85. The van der Waals surface area contributed by atoms with E-state index in [0.717, 1.165) is 30.5 Å². The van der Waals surface area contributed by atoms with Gasteiger partial charge in [-0.15, -0.1) is 0 Å². The number of hydrogen-bond donors (Lipinski definition) is 1. The number of hydrogen-bond acceptors (Lipinski definition) is 4. The van der Waals surface area contributed by atoms with E-state index in [4.69, 9.17) is 4.42 Å². The molecule has 5 nitrogen and oxygen atoms in total. The normalized spacial score (nSPS) is 15.0. The van der Waals surface area contributed by atoms with Crippen LogP contribution in [0, 0.1) is 25.7 Å². The topological polar surface area (TPSA) is 72.2 Å². The Morgan fingerprint density at radius 2 is 2.04 bits per heavy atom. The minimum atomic E-state index is -0.557. The minimum absolute atomic E-state index is 0.0987. The fourth-order valence-electron chi connectivity index (χ4n) is 3.31. The van der Waals surface area contributed by atoms with E-state index in [1.165, 1.54) is 0 Å². The first kappa shape index (κ1) is 19.3. The van der Waals surface area contributed by atoms with Gasteiger partial charge in [-0.1, -0.05) is 13.8 Å². The van der Waals surface area contributed by atoms with Crippen LogP contribution in [-0.2, 0) is 6.42 Å². The Bertz CT molecular complexity index is 881. The van der Waals surface area contributed by atoms with E-state index in [0.29, 0.717) is 29.6 Å². The van der Waals surface area contributed by atoms with Gasteiger partial charge in [-0.05, 0) is 74.3 Å². The molecular weight excluding hydrogens is 340 g/mol. The number of nitrogens with zero attached hydrogens (tertiary/aromatic N) is 1. The van der Waals surface area contributed by atoms with E-state index in [2.05, 4.69) is 24.1 Å². The summed E-state index contributed by atoms with van der Waals surface area (Å²) < 4.78 is 5.41. The fourth-order valence-corrected chi connectivity index (χ4v) is 3.31. The van der Waals surface area contributed by atoms with Gasteiger partial charge in [-0.25, -0.2) is 4.79 Å². The van der Waals surface area contributed by atoms with E-state index < -0.39 is 5.63 Å². The molecule has 0 radical (unpaired) electrons. The van der Waals surface area contributed by atoms with Crippen molar-refractivity contribution in [1.82, 2.24) is 10.3 Å². The summed E-state index contributed by atoms with van der Waals surface area (Å²) in [6, 6.07) is 5.57. The summed E-state index contributed by atoms with van der Waals surface area (Å²) in [5, 5.41) is 3.03. The summed E-state index contributed by atoms with van der Waals surface area (Å²) in [7, 11) is 0. The largest absolute Gasteiger partial charge is 0.427 e. The second-order valence-corrected chi connectivity index (χ2v) is 8.04. The number of nitrogens with one attached hydrogen (secondary N) is 1. The summed E-state index contributed by atoms with van der Waals surface area (Å²) >= 11 is 0. The molecule has 2 aromatic heterocycles. The molecule has 1 unspecified atom stereocenters. The molecule has 3 rings (SSSR count). The number of carbonyl (C=O) groups excluding carboxylic acids is 1. The molecule has 1 aliphatic rings. The van der Waals surface area contributed by atoms with Crippen LogP contribution in [-0.4, -0.2) is 10.9 Å². The Kier molecular flexibility index (Phi) is 5.78. The summed E-state index contributed by atoms with van der Waals surface area (Å²) in [4.78, 5) is 29.8. The number of pyridine rings is 1. The molecule has 0 aromatic carbocycles. The molecule has 27 heavy (non-hydrogen) atoms. The Balaban J connectivity index is 1.81. The Morgan fingerprint density at radius 3 is 2.63 bits per heavy atom. The molecule has 1 fully saturated rings. The minimum Gasteiger partial charge on any atom is -0.427 e. The first-order chi connectivity index (χ1) is 12.8. The molecule has 2 heterocycles. The SMILES string of the molecule is Cc1ccnc(C(NC(=O)c2c(C)cc(CCC(C)C)oc2=O)C2CC2)c1. The fraction of sp³-hybridized carbons (Fsp3) is 0.500. The molecule has 144 valence electrons. The third-order valence-electron chi connectivity index (χ3n) is 5.03. The molecule has 0 spiro atoms. The van der Waals surface area contributed by atoms with Crippen LogP contribution in [0.4, 0.5) is 0 Å². The first-order valence-electron chi connectivity index (χ1n) is 9.72. The number of amides is 1. The number of rotatable bonds is 7. The summed E-state index contributed by atoms with van der Waals surface area (Å²) in [5.41, 5.74) is 2.15. The average molecular weight is 368 g/mol. The number of aryl methyl sites for hydroxylation is 3. The van der Waals surface area contributed by atoms with Crippen molar-refractivity contribution >= 4 is 5.91 Å². The maximum absolute atomic E-state index is 12.9. The Hall–Kier alpha value is -2.43. The van der Waals surface area contributed by atoms with Gasteiger partial charge in [0.05, 0.1) is 11.7 Å². The van der Waals surface area contributed by atoms with Gasteiger partial charge < -0.3 is 9.73 Å². The zero-order chi connectivity index (χ0) is 19.6. The lowest BCUT2D eigenvalue weighted by molar-refractivity contribution is 0.0925. The lowest BCUT2D eigenvalue weighted by atomic mass is 10.0. The van der Waals surface area contributed by atoms with Gasteiger partial charge in [0, 0.05) is 12.6 Å². The van der Waals surface area contributed by atoms with Crippen molar-refractivity contribution in [2.45, 2.75) is 59.4 Å². The van der Waals surface area contributed by atoms with E-state index in [-0.39, 0.29) is 17.5 Å². The Labute approximate surface area is 160 Å². The average Bonchev–Trinajstić information content (AvgIpc) is 3.42. The highest BCUT2D eigenvalue weighted by Gasteiger charge is 2.35. The van der Waals surface area contributed by atoms with Crippen molar-refractivity contribution in [2.24, 2.45) is 11.8 Å². The molecule has 0 saturated heterocycles. The maximum Gasteiger partial charge on any atom is 0.349 e. The number of aromatic nitrogens is 1. The van der Waals surface area contributed by atoms with Crippen LogP contribution >= 0.6 is 0 Å². The van der Waals surface area contributed by atoms with Crippen LogP contribution in [0.2, 0.25) is 0 Å². The monoisotopic (exact) mass is 368 g/mol. The van der Waals surface area contributed by atoms with Crippen molar-refractivity contribution < 1.29 is 9.21 Å². The summed E-state index contributed by atoms with van der Waals surface area (Å²) in [6.07, 6.45) is 5.52. The van der Waals surface area contributed by atoms with Gasteiger partial charge in [0.25, 0.3) is 5.91 Å². The highest BCUT2D eigenvalue weighted by atomic mass is 16.4. The van der Waals surface area contributed by atoms with Crippen molar-refractivity contribution in [1.29, 1.82) is 0 Å². The van der Waals surface area contributed by atoms with E-state index >= 15 is 0 Å². The van der Waals surface area contributed by atoms with Gasteiger partial charge in [0.1, 0.15) is 11.3 Å². The van der Waals surface area contributed by atoms with Crippen LogP contribution < -0.4 is 10.9 Å². The molecule has 1 N–H and O–H groups in total. The quantitative estimate of drug-likeness (QED) is 0.798. The third-order valence-corrected chi connectivity index (χ3v) is 5.03. The zero-order valence-electron chi connectivity index (χ0n) is 16.5. The van der Waals surface area contributed by atoms with E-state index in [1.807, 2.05) is 25.1 Å². The molecule has 1 saturated carbocycles. The lowest BCUT2D eigenvalue weighted by Crippen LogP contribution is -2.34. The van der Waals surface area contributed by atoms with Crippen LogP contribution in [0.25, 0.3) is 0 Å². The summed E-state index contributed by atoms with van der Waals surface area (Å²) in [5.74, 6) is 1.17. The smallest absolute Gasteiger partial charge is 0.349 e. The van der Waals surface area contributed by atoms with Gasteiger partial charge in [-0.3, -0.25) is 9.78 Å². The maximum atomic E-state index is 12.9. The highest BCUT2D eigenvalue weighted by Crippen LogP contribution is 2.40. The van der Waals surface area contributed by atoms with Gasteiger partial charge in [0.15, 0.2) is 0 Å². The van der Waals surface area contributed by atoms with E-state index in [1.54, 1.807) is 13.1 Å². The second-order valence-electron chi connectivity index (χ2n) is 8.04. The lowest BCUT2D eigenvalue weighted by Gasteiger charge is -2.18. The predicted octanol–water partition coefficient (Wildman–Crippen LogP) is 4.12. The molecule has 0 aliphatic heterocycles. The van der Waals surface area contributed by atoms with Crippen molar-refractivity contribution in [3.8, 4) is 0 Å². The molecular formula is C22H28N2O3. The van der Waals surface area contributed by atoms with Crippen LogP contribution in [0.15, 0.2) is 33.6 Å². The number of carbonyl (C=O) groups is 1. The van der Waals surface area contributed by atoms with Gasteiger partial charge in [-0.2, -0.15) is 0 Å². The van der Waals surface area contributed by atoms with Crippen molar-refractivity contribution in [3.05, 3.63) is 63.0 Å². The Morgan fingerprint density at radius 1 is 1.30 bits per heavy atom. The molecule has 5 heteroatoms. The van der Waals surface area contributed by atoms with E-state index in [9.17, 15) is 9.59 Å². The van der Waals surface area contributed by atoms with Crippen LogP contribution in [0.1, 0.15) is 72.1 Å². The zero-order valence-corrected chi connectivity index (χ0v) is 16.5. The van der Waals surface area contributed by atoms with Crippen LogP contribution in [0.3, 0.4) is 0 Å². The molecule has 2 aromatic rings. The van der Waals surface area contributed by atoms with Crippen molar-refractivity contribution in [3.63, 3.8) is 0 Å². The predicted molar refractivity (Wildman–Crippen MR) is 105 cm³/mol. The molecule has 1 aliphatic carbocycles. The first-order valence-corrected chi connectivity index (χ1v) is 9.72. The van der Waals surface area contributed by atoms with Crippen molar-refractivity contribution in [2.75, 3.05) is 0 Å². The standard InChI is InChI=1S/C22H28N2O3/c1-13(2)5-8-17-12-15(4)19(22(26)27-17)21(25)24-20(16-6-7-16)18-11-14(3)9-10-23-18/h9-13,16,20H,5-8H2,1-4H3,(H,24,25). The van der Waals surface area contributed by atoms with Gasteiger partial charge >= 0.3 is 5.63 Å². The highest BCUT2D eigenvalue weighted by molar-refractivity contribution is 5.95. The molecule has 0 bridgehead atoms. The van der Waals surface area contributed by atoms with Crippen LogP contribution in [0.5, 0.6) is 0 Å². The van der Waals surface area contributed by atoms with Gasteiger partial charge in [0.2, 0.25) is 0 Å².